The largest absolute Gasteiger partial charge is 0.486 e. The van der Waals surface area contributed by atoms with E-state index in [0.717, 1.165) is 0 Å². The molecule has 0 bridgehead atoms. The van der Waals surface area contributed by atoms with Gasteiger partial charge in [-0.3, -0.25) is 10.1 Å². The molecule has 0 spiro atoms. The summed E-state index contributed by atoms with van der Waals surface area (Å²) in [4.78, 5) is 10.3. The minimum absolute atomic E-state index is 0.0578. The topological polar surface area (TPSA) is 108 Å². The van der Waals surface area contributed by atoms with Gasteiger partial charge in [0.1, 0.15) is 11.4 Å². The lowest BCUT2D eigenvalue weighted by atomic mass is 9.94. The van der Waals surface area contributed by atoms with Gasteiger partial charge in [-0.1, -0.05) is 45.9 Å². The first-order valence-electron chi connectivity index (χ1n) is 11.3. The lowest BCUT2D eigenvalue weighted by molar-refractivity contribution is -0.384. The molecule has 0 amide bonds. The predicted octanol–water partition coefficient (Wildman–Crippen LogP) is 5.51. The van der Waals surface area contributed by atoms with E-state index in [9.17, 15) is 18.5 Å². The summed E-state index contributed by atoms with van der Waals surface area (Å²) in [6.07, 6.45) is 0.510. The molecule has 2 aromatic carbocycles. The van der Waals surface area contributed by atoms with Crippen molar-refractivity contribution >= 4 is 24.0 Å². The molecular weight excluding hydrogens is 472 g/mol. The number of sulfonamides is 1. The molecule has 188 valence electrons. The van der Waals surface area contributed by atoms with Gasteiger partial charge in [0.2, 0.25) is 10.0 Å². The molecule has 8 nitrogen and oxygen atoms in total. The van der Waals surface area contributed by atoms with Crippen LogP contribution in [0.25, 0.3) is 0 Å². The summed E-state index contributed by atoms with van der Waals surface area (Å²) in [7, 11) is -6.20. The van der Waals surface area contributed by atoms with Gasteiger partial charge >= 0.3 is 0 Å². The fourth-order valence-electron chi connectivity index (χ4n) is 2.99. The molecule has 0 heterocycles. The Kier molecular flexibility index (Phi) is 8.68. The SMILES string of the molecule is CC[C@@](C)(Oc1ccccc1)[C@@H](CO[Si](C)(C)C(C)(C)C)NS(=O)(=O)c1ccc([N+](=O)[O-])cc1. The zero-order valence-corrected chi connectivity index (χ0v) is 22.8. The molecule has 0 aromatic heterocycles. The lowest BCUT2D eigenvalue weighted by Crippen LogP contribution is -2.58. The molecule has 2 rings (SSSR count). The number of nitrogens with one attached hydrogen (secondary N) is 1. The van der Waals surface area contributed by atoms with Gasteiger partial charge in [0.15, 0.2) is 8.32 Å². The molecule has 0 saturated carbocycles. The monoisotopic (exact) mass is 508 g/mol. The Hall–Kier alpha value is -2.27. The summed E-state index contributed by atoms with van der Waals surface area (Å²) in [5.41, 5.74) is -1.10. The maximum Gasteiger partial charge on any atom is 0.269 e. The normalized spacial score (nSPS) is 15.4. The van der Waals surface area contributed by atoms with E-state index in [0.29, 0.717) is 12.2 Å². The summed E-state index contributed by atoms with van der Waals surface area (Å²) in [5, 5.41) is 10.9. The smallest absolute Gasteiger partial charge is 0.269 e. The Labute approximate surface area is 204 Å². The van der Waals surface area contributed by atoms with Crippen molar-refractivity contribution in [1.29, 1.82) is 0 Å². The molecule has 0 unspecified atom stereocenters. The van der Waals surface area contributed by atoms with Crippen LogP contribution in [0.4, 0.5) is 5.69 Å². The first-order chi connectivity index (χ1) is 15.6. The molecule has 1 N–H and O–H groups in total. The maximum atomic E-state index is 13.3. The number of hydrogen-bond acceptors (Lipinski definition) is 6. The van der Waals surface area contributed by atoms with Gasteiger partial charge in [-0.25, -0.2) is 13.1 Å². The number of rotatable bonds is 11. The summed E-state index contributed by atoms with van der Waals surface area (Å²) >= 11 is 0. The van der Waals surface area contributed by atoms with E-state index in [1.807, 2.05) is 44.2 Å². The van der Waals surface area contributed by atoms with Crippen molar-refractivity contribution in [1.82, 2.24) is 4.72 Å². The van der Waals surface area contributed by atoms with Gasteiger partial charge in [0.25, 0.3) is 5.69 Å². The number of benzene rings is 2. The summed E-state index contributed by atoms with van der Waals surface area (Å²) in [5.74, 6) is 0.624. The van der Waals surface area contributed by atoms with Gasteiger partial charge in [-0.05, 0) is 55.7 Å². The van der Waals surface area contributed by atoms with Crippen LogP contribution in [0.15, 0.2) is 59.5 Å². The zero-order chi connectivity index (χ0) is 25.8. The highest BCUT2D eigenvalue weighted by Crippen LogP contribution is 2.37. The second-order valence-electron chi connectivity index (χ2n) is 10.1. The quantitative estimate of drug-likeness (QED) is 0.244. The lowest BCUT2D eigenvalue weighted by Gasteiger charge is -2.41. The molecule has 0 aliphatic heterocycles. The number of nitrogens with zero attached hydrogens (tertiary/aromatic N) is 1. The van der Waals surface area contributed by atoms with Gasteiger partial charge in [-0.2, -0.15) is 0 Å². The number of ether oxygens (including phenoxy) is 1. The fourth-order valence-corrected chi connectivity index (χ4v) is 5.33. The van der Waals surface area contributed by atoms with Crippen LogP contribution < -0.4 is 9.46 Å². The minimum Gasteiger partial charge on any atom is -0.486 e. The molecule has 2 aromatic rings. The van der Waals surface area contributed by atoms with Crippen LogP contribution >= 0.6 is 0 Å². The van der Waals surface area contributed by atoms with Crippen LogP contribution in [-0.4, -0.2) is 39.9 Å². The van der Waals surface area contributed by atoms with Gasteiger partial charge in [0, 0.05) is 12.1 Å². The molecule has 0 saturated heterocycles. The van der Waals surface area contributed by atoms with Gasteiger partial charge < -0.3 is 9.16 Å². The van der Waals surface area contributed by atoms with E-state index < -0.39 is 34.9 Å². The molecule has 34 heavy (non-hydrogen) atoms. The standard InChI is InChI=1S/C24H36N2O6SSi/c1-8-24(5,32-20-12-10-9-11-13-20)22(18-31-34(6,7)23(2,3)4)25-33(29,30)21-16-14-19(15-17-21)26(27)28/h9-17,22,25H,8,18H2,1-7H3/t22-,24-/m1/s1. The molecule has 0 radical (unpaired) electrons. The third kappa shape index (κ3) is 6.88. The third-order valence-corrected chi connectivity index (χ3v) is 12.6. The molecule has 0 aliphatic rings. The van der Waals surface area contributed by atoms with E-state index in [1.165, 1.54) is 24.3 Å². The molecule has 10 heteroatoms. The highest BCUT2D eigenvalue weighted by Gasteiger charge is 2.42. The second kappa shape index (κ2) is 10.6. The molecule has 2 atom stereocenters. The van der Waals surface area contributed by atoms with Gasteiger partial charge in [0.05, 0.1) is 22.5 Å². The van der Waals surface area contributed by atoms with Crippen molar-refractivity contribution in [3.05, 3.63) is 64.7 Å². The molecule has 0 aliphatic carbocycles. The third-order valence-electron chi connectivity index (χ3n) is 6.61. The number of nitro benzene ring substituents is 1. The molecular formula is C24H36N2O6SSi. The van der Waals surface area contributed by atoms with Crippen LogP contribution in [0.2, 0.25) is 18.1 Å². The summed E-state index contributed by atoms with van der Waals surface area (Å²) in [6, 6.07) is 13.3. The van der Waals surface area contributed by atoms with Crippen molar-refractivity contribution in [2.45, 2.75) is 75.7 Å². The Morgan fingerprint density at radius 1 is 1.03 bits per heavy atom. The first kappa shape index (κ1) is 28.0. The number of hydrogen-bond donors (Lipinski definition) is 1. The van der Waals surface area contributed by atoms with Crippen molar-refractivity contribution in [3.8, 4) is 5.75 Å². The number of nitro groups is 1. The van der Waals surface area contributed by atoms with Crippen LogP contribution in [-0.2, 0) is 14.4 Å². The molecule has 0 fully saturated rings. The highest BCUT2D eigenvalue weighted by atomic mass is 32.2. The number of para-hydroxylation sites is 1. The van der Waals surface area contributed by atoms with E-state index in [2.05, 4.69) is 38.6 Å². The van der Waals surface area contributed by atoms with E-state index >= 15 is 0 Å². The average Bonchev–Trinajstić information content (AvgIpc) is 2.76. The number of non-ortho nitro benzene ring substituents is 1. The highest BCUT2D eigenvalue weighted by molar-refractivity contribution is 7.89. The Bertz CT molecular complexity index is 1070. The summed E-state index contributed by atoms with van der Waals surface area (Å²) in [6.45, 7) is 14.5. The minimum atomic E-state index is -4.01. The average molecular weight is 509 g/mol. The van der Waals surface area contributed by atoms with Crippen LogP contribution in [0, 0.1) is 10.1 Å². The predicted molar refractivity (Wildman–Crippen MR) is 136 cm³/mol. The summed E-state index contributed by atoms with van der Waals surface area (Å²) < 4.78 is 42.1. The first-order valence-corrected chi connectivity index (χ1v) is 15.7. The maximum absolute atomic E-state index is 13.3. The zero-order valence-electron chi connectivity index (χ0n) is 21.0. The fraction of sp³-hybridized carbons (Fsp3) is 0.500. The van der Waals surface area contributed by atoms with Crippen molar-refractivity contribution in [3.63, 3.8) is 0 Å². The van der Waals surface area contributed by atoms with Crippen LogP contribution in [0.3, 0.4) is 0 Å². The van der Waals surface area contributed by atoms with E-state index in [1.54, 1.807) is 0 Å². The van der Waals surface area contributed by atoms with E-state index in [4.69, 9.17) is 9.16 Å². The van der Waals surface area contributed by atoms with Crippen molar-refractivity contribution in [2.75, 3.05) is 6.61 Å². The van der Waals surface area contributed by atoms with Crippen molar-refractivity contribution in [2.24, 2.45) is 0 Å². The van der Waals surface area contributed by atoms with Gasteiger partial charge in [-0.15, -0.1) is 0 Å². The van der Waals surface area contributed by atoms with E-state index in [-0.39, 0.29) is 22.2 Å². The Morgan fingerprint density at radius 3 is 2.06 bits per heavy atom. The van der Waals surface area contributed by atoms with Crippen LogP contribution in [0.1, 0.15) is 41.0 Å². The van der Waals surface area contributed by atoms with Crippen LogP contribution in [0.5, 0.6) is 5.75 Å². The Balaban J connectivity index is 2.41. The Morgan fingerprint density at radius 2 is 1.59 bits per heavy atom. The second-order valence-corrected chi connectivity index (χ2v) is 16.6. The van der Waals surface area contributed by atoms with Crippen molar-refractivity contribution < 1.29 is 22.5 Å².